The molecule has 1 aliphatic heterocycles. The number of benzene rings is 1. The molecule has 25 heavy (non-hydrogen) atoms. The molecule has 1 aliphatic rings. The Balaban J connectivity index is 2.52. The van der Waals surface area contributed by atoms with Crippen LogP contribution >= 0.6 is 0 Å². The van der Waals surface area contributed by atoms with Gasteiger partial charge in [-0.05, 0) is 45.4 Å². The molecule has 8 heteroatoms. The molecule has 2 amide bonds. The third-order valence-electron chi connectivity index (χ3n) is 3.98. The van der Waals surface area contributed by atoms with Crippen LogP contribution in [0.3, 0.4) is 0 Å². The Morgan fingerprint density at radius 2 is 1.96 bits per heavy atom. The number of rotatable bonds is 5. The van der Waals surface area contributed by atoms with E-state index < -0.39 is 16.9 Å². The lowest BCUT2D eigenvalue weighted by Crippen LogP contribution is -2.50. The Labute approximate surface area is 145 Å². The number of hydrogen-bond donors (Lipinski definition) is 1. The van der Waals surface area contributed by atoms with Gasteiger partial charge in [0.15, 0.2) is 0 Å². The Morgan fingerprint density at radius 1 is 1.36 bits per heavy atom. The molecule has 1 atom stereocenters. The zero-order chi connectivity index (χ0) is 18.7. The van der Waals surface area contributed by atoms with Gasteiger partial charge in [0.25, 0.3) is 5.69 Å². The summed E-state index contributed by atoms with van der Waals surface area (Å²) in [6.07, 6.45) is 0. The minimum atomic E-state index is -0.720. The van der Waals surface area contributed by atoms with Crippen molar-refractivity contribution in [1.82, 2.24) is 10.2 Å². The molecule has 0 saturated carbocycles. The first kappa shape index (κ1) is 18.4. The van der Waals surface area contributed by atoms with Gasteiger partial charge in [-0.1, -0.05) is 0 Å². The average molecular weight is 347 g/mol. The smallest absolute Gasteiger partial charge is 0.338 e. The van der Waals surface area contributed by atoms with Gasteiger partial charge < -0.3 is 10.1 Å². The fourth-order valence-electron chi connectivity index (χ4n) is 2.89. The number of nitro benzene ring substituents is 1. The summed E-state index contributed by atoms with van der Waals surface area (Å²) in [4.78, 5) is 36.7. The molecule has 0 unspecified atom stereocenters. The van der Waals surface area contributed by atoms with Crippen molar-refractivity contribution in [2.75, 3.05) is 6.61 Å². The van der Waals surface area contributed by atoms with E-state index in [1.54, 1.807) is 13.8 Å². The Morgan fingerprint density at radius 3 is 2.44 bits per heavy atom. The van der Waals surface area contributed by atoms with Crippen LogP contribution in [-0.2, 0) is 9.53 Å². The number of nitro groups is 1. The number of ether oxygens (including phenoxy) is 1. The Hall–Kier alpha value is -2.90. The fraction of sp³-hybridized carbons (Fsp3) is 0.412. The van der Waals surface area contributed by atoms with Crippen LogP contribution in [0.4, 0.5) is 10.5 Å². The van der Waals surface area contributed by atoms with Gasteiger partial charge in [0.1, 0.15) is 0 Å². The van der Waals surface area contributed by atoms with Crippen molar-refractivity contribution in [3.63, 3.8) is 0 Å². The van der Waals surface area contributed by atoms with Crippen molar-refractivity contribution in [2.24, 2.45) is 0 Å². The highest BCUT2D eigenvalue weighted by Gasteiger charge is 2.37. The first-order chi connectivity index (χ1) is 11.8. The molecule has 2 rings (SSSR count). The summed E-state index contributed by atoms with van der Waals surface area (Å²) < 4.78 is 5.15. The first-order valence-corrected chi connectivity index (χ1v) is 7.99. The van der Waals surface area contributed by atoms with Crippen LogP contribution in [0.25, 0.3) is 0 Å². The van der Waals surface area contributed by atoms with Gasteiger partial charge >= 0.3 is 12.0 Å². The number of esters is 1. The van der Waals surface area contributed by atoms with Gasteiger partial charge in [-0.15, -0.1) is 0 Å². The van der Waals surface area contributed by atoms with Gasteiger partial charge in [0, 0.05) is 23.9 Å². The normalized spacial score (nSPS) is 17.6. The van der Waals surface area contributed by atoms with Crippen molar-refractivity contribution in [3.05, 3.63) is 51.2 Å². The number of urea groups is 1. The monoisotopic (exact) mass is 347 g/mol. The summed E-state index contributed by atoms with van der Waals surface area (Å²) in [6, 6.07) is 4.55. The van der Waals surface area contributed by atoms with E-state index in [0.717, 1.165) is 0 Å². The molecule has 0 saturated heterocycles. The SMILES string of the molecule is CCOC(=O)C1=C(C)N(C(C)C)C(=O)N[C@H]1c1ccc([N+](=O)[O-])cc1. The maximum Gasteiger partial charge on any atom is 0.338 e. The predicted molar refractivity (Wildman–Crippen MR) is 90.7 cm³/mol. The van der Waals surface area contributed by atoms with Gasteiger partial charge in [-0.2, -0.15) is 0 Å². The molecular formula is C17H21N3O5. The molecule has 134 valence electrons. The van der Waals surface area contributed by atoms with E-state index in [1.165, 1.54) is 29.2 Å². The lowest BCUT2D eigenvalue weighted by molar-refractivity contribution is -0.384. The van der Waals surface area contributed by atoms with Gasteiger partial charge in [-0.25, -0.2) is 9.59 Å². The van der Waals surface area contributed by atoms with E-state index >= 15 is 0 Å². The quantitative estimate of drug-likeness (QED) is 0.501. The maximum atomic E-state index is 12.5. The lowest BCUT2D eigenvalue weighted by atomic mass is 9.94. The van der Waals surface area contributed by atoms with Crippen LogP contribution in [0.15, 0.2) is 35.5 Å². The number of carbonyl (C=O) groups is 2. The van der Waals surface area contributed by atoms with E-state index in [1.807, 2.05) is 13.8 Å². The molecular weight excluding hydrogens is 326 g/mol. The largest absolute Gasteiger partial charge is 0.463 e. The highest BCUT2D eigenvalue weighted by Crippen LogP contribution is 2.32. The summed E-state index contributed by atoms with van der Waals surface area (Å²) in [7, 11) is 0. The van der Waals surface area contributed by atoms with Crippen molar-refractivity contribution in [2.45, 2.75) is 39.8 Å². The van der Waals surface area contributed by atoms with Gasteiger partial charge in [0.05, 0.1) is 23.1 Å². The van der Waals surface area contributed by atoms with E-state index in [-0.39, 0.29) is 24.4 Å². The molecule has 1 aromatic rings. The molecule has 0 aliphatic carbocycles. The van der Waals surface area contributed by atoms with E-state index in [9.17, 15) is 19.7 Å². The van der Waals surface area contributed by atoms with Gasteiger partial charge in [-0.3, -0.25) is 15.0 Å². The van der Waals surface area contributed by atoms with Gasteiger partial charge in [0.2, 0.25) is 0 Å². The average Bonchev–Trinajstić information content (AvgIpc) is 2.54. The molecule has 0 bridgehead atoms. The number of non-ortho nitro benzene ring substituents is 1. The maximum absolute atomic E-state index is 12.5. The third kappa shape index (κ3) is 3.62. The van der Waals surface area contributed by atoms with E-state index in [2.05, 4.69) is 5.32 Å². The number of amides is 2. The molecule has 1 heterocycles. The molecule has 0 spiro atoms. The van der Waals surface area contributed by atoms with Crippen LogP contribution in [0.2, 0.25) is 0 Å². The van der Waals surface area contributed by atoms with Crippen molar-refractivity contribution < 1.29 is 19.2 Å². The first-order valence-electron chi connectivity index (χ1n) is 7.99. The topological polar surface area (TPSA) is 102 Å². The van der Waals surface area contributed by atoms with E-state index in [4.69, 9.17) is 4.74 Å². The number of nitrogens with one attached hydrogen (secondary N) is 1. The summed E-state index contributed by atoms with van der Waals surface area (Å²) in [5, 5.41) is 13.6. The van der Waals surface area contributed by atoms with Crippen LogP contribution in [0.5, 0.6) is 0 Å². The summed E-state index contributed by atoms with van der Waals surface area (Å²) in [5.74, 6) is -0.519. The van der Waals surface area contributed by atoms with Crippen molar-refractivity contribution >= 4 is 17.7 Å². The fourth-order valence-corrected chi connectivity index (χ4v) is 2.89. The summed E-state index contributed by atoms with van der Waals surface area (Å²) in [5.41, 5.74) is 1.35. The molecule has 0 aromatic heterocycles. The molecule has 1 N–H and O–H groups in total. The Kier molecular flexibility index (Phi) is 5.41. The standard InChI is InChI=1S/C17H21N3O5/c1-5-25-16(21)14-11(4)19(10(2)3)17(22)18-15(14)12-6-8-13(9-7-12)20(23)24/h6-10,15H,5H2,1-4H3,(H,18,22)/t15-/m0/s1. The number of nitrogens with zero attached hydrogens (tertiary/aromatic N) is 2. The highest BCUT2D eigenvalue weighted by molar-refractivity contribution is 5.95. The van der Waals surface area contributed by atoms with Crippen molar-refractivity contribution in [1.29, 1.82) is 0 Å². The number of hydrogen-bond acceptors (Lipinski definition) is 5. The number of carbonyl (C=O) groups excluding carboxylic acids is 2. The molecule has 0 fully saturated rings. The predicted octanol–water partition coefficient (Wildman–Crippen LogP) is 2.91. The molecule has 8 nitrogen and oxygen atoms in total. The minimum Gasteiger partial charge on any atom is -0.463 e. The van der Waals surface area contributed by atoms with Crippen LogP contribution in [-0.4, -0.2) is 34.5 Å². The second-order valence-corrected chi connectivity index (χ2v) is 5.91. The van der Waals surface area contributed by atoms with Crippen molar-refractivity contribution in [3.8, 4) is 0 Å². The second kappa shape index (κ2) is 7.33. The van der Waals surface area contributed by atoms with Crippen LogP contribution in [0.1, 0.15) is 39.3 Å². The zero-order valence-electron chi connectivity index (χ0n) is 14.6. The molecule has 1 aromatic carbocycles. The minimum absolute atomic E-state index is 0.0620. The van der Waals surface area contributed by atoms with E-state index in [0.29, 0.717) is 16.8 Å². The number of allylic oxidation sites excluding steroid dienone is 1. The second-order valence-electron chi connectivity index (χ2n) is 5.91. The zero-order valence-corrected chi connectivity index (χ0v) is 14.6. The third-order valence-corrected chi connectivity index (χ3v) is 3.98. The highest BCUT2D eigenvalue weighted by atomic mass is 16.6. The lowest BCUT2D eigenvalue weighted by Gasteiger charge is -2.37. The summed E-state index contributed by atoms with van der Waals surface area (Å²) >= 11 is 0. The van der Waals surface area contributed by atoms with Crippen LogP contribution < -0.4 is 5.32 Å². The Bertz CT molecular complexity index is 724. The summed E-state index contributed by atoms with van der Waals surface area (Å²) in [6.45, 7) is 7.30. The molecule has 0 radical (unpaired) electrons. The van der Waals surface area contributed by atoms with Crippen LogP contribution in [0, 0.1) is 10.1 Å².